The first-order chi connectivity index (χ1) is 12.3. The van der Waals surface area contributed by atoms with E-state index in [9.17, 15) is 17.2 Å². The van der Waals surface area contributed by atoms with Gasteiger partial charge in [0.25, 0.3) is 10.0 Å². The monoisotopic (exact) mass is 385 g/mol. The summed E-state index contributed by atoms with van der Waals surface area (Å²) in [6, 6.07) is 7.85. The lowest BCUT2D eigenvalue weighted by molar-refractivity contribution is -0.286. The zero-order valence-corrected chi connectivity index (χ0v) is 14.0. The standard InChI is InChI=1S/C16H13F2NO6S/c17-16(18)24-13-4-2-10(8-15(13)25-16)19-26(20,21)11-3-5-12-14(9-11)23-7-1-6-22-12/h2-5,8-9,19H,1,6-7H2. The highest BCUT2D eigenvalue weighted by Gasteiger charge is 2.43. The molecule has 0 saturated carbocycles. The molecule has 26 heavy (non-hydrogen) atoms. The molecule has 2 aromatic rings. The van der Waals surface area contributed by atoms with Crippen LogP contribution >= 0.6 is 0 Å². The van der Waals surface area contributed by atoms with E-state index in [1.54, 1.807) is 0 Å². The first-order valence-corrected chi connectivity index (χ1v) is 9.13. The van der Waals surface area contributed by atoms with Crippen molar-refractivity contribution in [1.29, 1.82) is 0 Å². The molecule has 2 aliphatic heterocycles. The minimum atomic E-state index is -3.97. The Kier molecular flexibility index (Phi) is 3.79. The van der Waals surface area contributed by atoms with Crippen molar-refractivity contribution in [2.45, 2.75) is 17.6 Å². The maximum absolute atomic E-state index is 13.1. The van der Waals surface area contributed by atoms with E-state index in [0.29, 0.717) is 31.1 Å². The van der Waals surface area contributed by atoms with Gasteiger partial charge < -0.3 is 18.9 Å². The van der Waals surface area contributed by atoms with Crippen molar-refractivity contribution >= 4 is 15.7 Å². The van der Waals surface area contributed by atoms with E-state index in [-0.39, 0.29) is 22.1 Å². The van der Waals surface area contributed by atoms with Gasteiger partial charge in [-0.05, 0) is 24.3 Å². The number of rotatable bonds is 3. The number of sulfonamides is 1. The summed E-state index contributed by atoms with van der Waals surface area (Å²) in [5, 5.41) is 0. The molecule has 2 aliphatic rings. The Hall–Kier alpha value is -2.75. The van der Waals surface area contributed by atoms with Gasteiger partial charge in [-0.25, -0.2) is 8.42 Å². The Morgan fingerprint density at radius 1 is 0.885 bits per heavy atom. The van der Waals surface area contributed by atoms with Crippen molar-refractivity contribution in [3.8, 4) is 23.0 Å². The van der Waals surface area contributed by atoms with Crippen molar-refractivity contribution in [3.05, 3.63) is 36.4 Å². The van der Waals surface area contributed by atoms with Gasteiger partial charge in [0.15, 0.2) is 23.0 Å². The molecule has 7 nitrogen and oxygen atoms in total. The van der Waals surface area contributed by atoms with Crippen molar-refractivity contribution in [1.82, 2.24) is 0 Å². The van der Waals surface area contributed by atoms with Crippen molar-refractivity contribution in [3.63, 3.8) is 0 Å². The van der Waals surface area contributed by atoms with Crippen LogP contribution in [0.15, 0.2) is 41.3 Å². The molecule has 0 aliphatic carbocycles. The second-order valence-electron chi connectivity index (χ2n) is 5.59. The van der Waals surface area contributed by atoms with Crippen LogP contribution in [0.2, 0.25) is 0 Å². The van der Waals surface area contributed by atoms with Gasteiger partial charge in [-0.1, -0.05) is 0 Å². The molecule has 0 atom stereocenters. The molecule has 0 amide bonds. The minimum absolute atomic E-state index is 0.0512. The van der Waals surface area contributed by atoms with Crippen LogP contribution in [0.25, 0.3) is 0 Å². The number of anilines is 1. The van der Waals surface area contributed by atoms with Gasteiger partial charge in [0.1, 0.15) is 0 Å². The Morgan fingerprint density at radius 2 is 1.58 bits per heavy atom. The third-order valence-corrected chi connectivity index (χ3v) is 5.06. The van der Waals surface area contributed by atoms with Gasteiger partial charge in [0, 0.05) is 18.6 Å². The Balaban J connectivity index is 1.60. The van der Waals surface area contributed by atoms with Crippen LogP contribution in [0.1, 0.15) is 6.42 Å². The average molecular weight is 385 g/mol. The summed E-state index contributed by atoms with van der Waals surface area (Å²) in [6.07, 6.45) is -3.08. The maximum Gasteiger partial charge on any atom is 0.586 e. The normalized spacial score (nSPS) is 17.5. The highest BCUT2D eigenvalue weighted by molar-refractivity contribution is 7.92. The molecule has 4 rings (SSSR count). The quantitative estimate of drug-likeness (QED) is 0.875. The van der Waals surface area contributed by atoms with Crippen molar-refractivity contribution < 1.29 is 36.1 Å². The van der Waals surface area contributed by atoms with Crippen LogP contribution in [-0.4, -0.2) is 27.9 Å². The van der Waals surface area contributed by atoms with Gasteiger partial charge in [0.05, 0.1) is 23.8 Å². The SMILES string of the molecule is O=S(=O)(Nc1ccc2c(c1)OC(F)(F)O2)c1ccc2c(c1)OCCCO2. The number of ether oxygens (including phenoxy) is 4. The fourth-order valence-electron chi connectivity index (χ4n) is 2.54. The summed E-state index contributed by atoms with van der Waals surface area (Å²) in [4.78, 5) is -0.0512. The molecule has 138 valence electrons. The molecule has 1 N–H and O–H groups in total. The molecular weight excluding hydrogens is 372 g/mol. The Morgan fingerprint density at radius 3 is 2.38 bits per heavy atom. The maximum atomic E-state index is 13.1. The van der Waals surface area contributed by atoms with E-state index in [2.05, 4.69) is 14.2 Å². The average Bonchev–Trinajstić information content (AvgIpc) is 2.74. The van der Waals surface area contributed by atoms with Crippen LogP contribution in [0.3, 0.4) is 0 Å². The van der Waals surface area contributed by atoms with E-state index in [1.165, 1.54) is 30.3 Å². The van der Waals surface area contributed by atoms with Crippen LogP contribution in [-0.2, 0) is 10.0 Å². The van der Waals surface area contributed by atoms with E-state index < -0.39 is 16.3 Å². The van der Waals surface area contributed by atoms with E-state index >= 15 is 0 Å². The highest BCUT2D eigenvalue weighted by atomic mass is 32.2. The molecule has 0 radical (unpaired) electrons. The highest BCUT2D eigenvalue weighted by Crippen LogP contribution is 2.42. The zero-order valence-electron chi connectivity index (χ0n) is 13.2. The summed E-state index contributed by atoms with van der Waals surface area (Å²) in [5.41, 5.74) is 0.0529. The van der Waals surface area contributed by atoms with Crippen molar-refractivity contribution in [2.24, 2.45) is 0 Å². The second kappa shape index (κ2) is 5.90. The van der Waals surface area contributed by atoms with Gasteiger partial charge in [-0.15, -0.1) is 8.78 Å². The molecular formula is C16H13F2NO6S. The smallest absolute Gasteiger partial charge is 0.490 e. The van der Waals surface area contributed by atoms with E-state index in [4.69, 9.17) is 9.47 Å². The molecule has 0 bridgehead atoms. The second-order valence-corrected chi connectivity index (χ2v) is 7.28. The minimum Gasteiger partial charge on any atom is -0.490 e. The third kappa shape index (κ3) is 3.19. The predicted octanol–water partition coefficient (Wildman–Crippen LogP) is 2.97. The van der Waals surface area contributed by atoms with Gasteiger partial charge in [-0.3, -0.25) is 4.72 Å². The molecule has 2 heterocycles. The van der Waals surface area contributed by atoms with Crippen LogP contribution < -0.4 is 23.7 Å². The van der Waals surface area contributed by atoms with E-state index in [0.717, 1.165) is 6.07 Å². The lowest BCUT2D eigenvalue weighted by Gasteiger charge is -2.11. The van der Waals surface area contributed by atoms with Crippen molar-refractivity contribution in [2.75, 3.05) is 17.9 Å². The summed E-state index contributed by atoms with van der Waals surface area (Å²) in [6.45, 7) is 0.902. The summed E-state index contributed by atoms with van der Waals surface area (Å²) in [7, 11) is -3.97. The number of nitrogens with one attached hydrogen (secondary N) is 1. The fourth-order valence-corrected chi connectivity index (χ4v) is 3.60. The Bertz CT molecular complexity index is 963. The Labute approximate surface area is 147 Å². The molecule has 0 aromatic heterocycles. The topological polar surface area (TPSA) is 83.1 Å². The van der Waals surface area contributed by atoms with Gasteiger partial charge >= 0.3 is 6.29 Å². The largest absolute Gasteiger partial charge is 0.586 e. The lowest BCUT2D eigenvalue weighted by atomic mass is 10.3. The van der Waals surface area contributed by atoms with Crippen LogP contribution in [0, 0.1) is 0 Å². The fraction of sp³-hybridized carbons (Fsp3) is 0.250. The number of fused-ring (bicyclic) bond motifs is 2. The first-order valence-electron chi connectivity index (χ1n) is 7.65. The third-order valence-electron chi connectivity index (χ3n) is 3.68. The first kappa shape index (κ1) is 16.7. The predicted molar refractivity (Wildman–Crippen MR) is 85.5 cm³/mol. The number of hydrogen-bond donors (Lipinski definition) is 1. The van der Waals surface area contributed by atoms with E-state index in [1.807, 2.05) is 0 Å². The molecule has 0 fully saturated rings. The van der Waals surface area contributed by atoms with Gasteiger partial charge in [-0.2, -0.15) is 0 Å². The number of halogens is 2. The molecule has 0 saturated heterocycles. The van der Waals surface area contributed by atoms with Gasteiger partial charge in [0.2, 0.25) is 0 Å². The van der Waals surface area contributed by atoms with Crippen LogP contribution in [0.5, 0.6) is 23.0 Å². The summed E-state index contributed by atoms with van der Waals surface area (Å²) in [5.74, 6) is 0.366. The lowest BCUT2D eigenvalue weighted by Crippen LogP contribution is -2.25. The summed E-state index contributed by atoms with van der Waals surface area (Å²) < 4.78 is 73.1. The molecule has 0 spiro atoms. The summed E-state index contributed by atoms with van der Waals surface area (Å²) >= 11 is 0. The number of hydrogen-bond acceptors (Lipinski definition) is 6. The molecule has 0 unspecified atom stereocenters. The number of benzene rings is 2. The van der Waals surface area contributed by atoms with Crippen LogP contribution in [0.4, 0.5) is 14.5 Å². The molecule has 2 aromatic carbocycles. The number of alkyl halides is 2. The zero-order chi connectivity index (χ0) is 18.4. The molecule has 10 heteroatoms.